The number of carboxylic acid groups (broad SMARTS) is 1. The highest BCUT2D eigenvalue weighted by Gasteiger charge is 2.22. The average Bonchev–Trinajstić information content (AvgIpc) is 2.41. The first-order valence-electron chi connectivity index (χ1n) is 5.48. The fourth-order valence-electron chi connectivity index (χ4n) is 1.53. The van der Waals surface area contributed by atoms with Gasteiger partial charge in [-0.3, -0.25) is 4.72 Å². The van der Waals surface area contributed by atoms with Crippen LogP contribution < -0.4 is 4.72 Å². The molecule has 1 heterocycles. The maximum Gasteiger partial charge on any atom is 0.339 e. The highest BCUT2D eigenvalue weighted by Crippen LogP contribution is 2.30. The number of hydrogen-bond donors (Lipinski definition) is 2. The van der Waals surface area contributed by atoms with Crippen molar-refractivity contribution in [2.24, 2.45) is 0 Å². The van der Waals surface area contributed by atoms with Crippen LogP contribution in [-0.2, 0) is 10.0 Å². The zero-order valence-electron chi connectivity index (χ0n) is 10.2. The number of aromatic carboxylic acids is 1. The first-order valence-corrected chi connectivity index (χ1v) is 7.72. The zero-order valence-corrected chi connectivity index (χ0v) is 12.6. The van der Waals surface area contributed by atoms with Crippen molar-refractivity contribution in [3.8, 4) is 0 Å². The van der Waals surface area contributed by atoms with Gasteiger partial charge in [0, 0.05) is 6.20 Å². The molecule has 110 valence electrons. The summed E-state index contributed by atoms with van der Waals surface area (Å²) in [7, 11) is -4.11. The van der Waals surface area contributed by atoms with E-state index in [1.54, 1.807) is 0 Å². The van der Waals surface area contributed by atoms with Gasteiger partial charge in [-0.2, -0.15) is 0 Å². The summed E-state index contributed by atoms with van der Waals surface area (Å²) in [4.78, 5) is 14.5. The van der Waals surface area contributed by atoms with Gasteiger partial charge < -0.3 is 5.11 Å². The highest BCUT2D eigenvalue weighted by atomic mass is 35.5. The molecule has 0 fully saturated rings. The summed E-state index contributed by atoms with van der Waals surface area (Å²) >= 11 is 11.6. The normalized spacial score (nSPS) is 11.1. The van der Waals surface area contributed by atoms with E-state index >= 15 is 0 Å². The van der Waals surface area contributed by atoms with E-state index in [0.717, 1.165) is 0 Å². The Labute approximate surface area is 130 Å². The molecule has 1 aromatic carbocycles. The topological polar surface area (TPSA) is 96.4 Å². The summed E-state index contributed by atoms with van der Waals surface area (Å²) in [5, 5.41) is 8.93. The molecular weight excluding hydrogens is 339 g/mol. The van der Waals surface area contributed by atoms with Crippen LogP contribution >= 0.6 is 23.2 Å². The molecule has 0 saturated carbocycles. The smallest absolute Gasteiger partial charge is 0.339 e. The van der Waals surface area contributed by atoms with E-state index in [2.05, 4.69) is 9.71 Å². The van der Waals surface area contributed by atoms with E-state index in [0.29, 0.717) is 0 Å². The lowest BCUT2D eigenvalue weighted by Crippen LogP contribution is -2.17. The predicted octanol–water partition coefficient (Wildman–Crippen LogP) is 2.89. The van der Waals surface area contributed by atoms with Gasteiger partial charge in [-0.1, -0.05) is 29.3 Å². The number of carbonyl (C=O) groups is 1. The molecule has 0 aliphatic heterocycles. The number of aromatic nitrogens is 1. The average molecular weight is 347 g/mol. The molecule has 1 aromatic heterocycles. The summed E-state index contributed by atoms with van der Waals surface area (Å²) in [5.41, 5.74) is -0.278. The van der Waals surface area contributed by atoms with Crippen molar-refractivity contribution in [2.75, 3.05) is 4.72 Å². The van der Waals surface area contributed by atoms with Crippen molar-refractivity contribution < 1.29 is 18.3 Å². The van der Waals surface area contributed by atoms with Crippen molar-refractivity contribution in [1.29, 1.82) is 0 Å². The SMILES string of the molecule is O=C(O)c1cccnc1NS(=O)(=O)c1cccc(Cl)c1Cl. The first kappa shape index (κ1) is 15.6. The third-order valence-electron chi connectivity index (χ3n) is 2.47. The fourth-order valence-corrected chi connectivity index (χ4v) is 3.33. The van der Waals surface area contributed by atoms with Gasteiger partial charge in [-0.15, -0.1) is 0 Å². The molecule has 0 atom stereocenters. The van der Waals surface area contributed by atoms with Gasteiger partial charge >= 0.3 is 5.97 Å². The number of benzene rings is 1. The molecule has 21 heavy (non-hydrogen) atoms. The number of pyridine rings is 1. The molecule has 0 aliphatic rings. The zero-order chi connectivity index (χ0) is 15.6. The van der Waals surface area contributed by atoms with E-state index in [1.165, 1.54) is 36.5 Å². The molecular formula is C12H8Cl2N2O4S. The van der Waals surface area contributed by atoms with Crippen molar-refractivity contribution >= 4 is 45.0 Å². The molecule has 0 unspecified atom stereocenters. The van der Waals surface area contributed by atoms with Gasteiger partial charge in [-0.05, 0) is 24.3 Å². The Morgan fingerprint density at radius 3 is 2.57 bits per heavy atom. The second-order valence-electron chi connectivity index (χ2n) is 3.86. The number of hydrogen-bond acceptors (Lipinski definition) is 4. The van der Waals surface area contributed by atoms with Crippen molar-refractivity contribution in [3.63, 3.8) is 0 Å². The number of nitrogens with zero attached hydrogens (tertiary/aromatic N) is 1. The van der Waals surface area contributed by atoms with Gasteiger partial charge in [0.25, 0.3) is 10.0 Å². The van der Waals surface area contributed by atoms with Crippen LogP contribution in [0.5, 0.6) is 0 Å². The summed E-state index contributed by atoms with van der Waals surface area (Å²) in [5.74, 6) is -1.61. The molecule has 0 radical (unpaired) electrons. The maximum atomic E-state index is 12.3. The second-order valence-corrected chi connectivity index (χ2v) is 6.30. The van der Waals surface area contributed by atoms with E-state index < -0.39 is 16.0 Å². The van der Waals surface area contributed by atoms with Crippen LogP contribution in [0.15, 0.2) is 41.4 Å². The Balaban J connectivity index is 2.48. The molecule has 2 N–H and O–H groups in total. The molecule has 0 bridgehead atoms. The number of carboxylic acids is 1. The Kier molecular flexibility index (Phi) is 4.36. The fraction of sp³-hybridized carbons (Fsp3) is 0. The van der Waals surface area contributed by atoms with E-state index in [-0.39, 0.29) is 26.3 Å². The van der Waals surface area contributed by atoms with Crippen molar-refractivity contribution in [1.82, 2.24) is 4.98 Å². The van der Waals surface area contributed by atoms with Crippen LogP contribution in [0.1, 0.15) is 10.4 Å². The molecule has 0 saturated heterocycles. The van der Waals surface area contributed by atoms with Crippen LogP contribution in [0.4, 0.5) is 5.82 Å². The molecule has 6 nitrogen and oxygen atoms in total. The first-order chi connectivity index (χ1) is 9.83. The molecule has 0 spiro atoms. The lowest BCUT2D eigenvalue weighted by molar-refractivity contribution is 0.0697. The third kappa shape index (κ3) is 3.26. The number of anilines is 1. The Bertz CT molecular complexity index is 809. The van der Waals surface area contributed by atoms with E-state index in [9.17, 15) is 13.2 Å². The minimum Gasteiger partial charge on any atom is -0.478 e. The van der Waals surface area contributed by atoms with E-state index in [4.69, 9.17) is 28.3 Å². The summed E-state index contributed by atoms with van der Waals surface area (Å²) in [6.07, 6.45) is 1.27. The minimum atomic E-state index is -4.11. The Morgan fingerprint density at radius 1 is 1.19 bits per heavy atom. The van der Waals surface area contributed by atoms with Crippen LogP contribution in [0, 0.1) is 0 Å². The third-order valence-corrected chi connectivity index (χ3v) is 4.79. The van der Waals surface area contributed by atoms with Crippen molar-refractivity contribution in [2.45, 2.75) is 4.90 Å². The molecule has 0 amide bonds. The standard InChI is InChI=1S/C12H8Cl2N2O4S/c13-8-4-1-5-9(10(8)14)21(19,20)16-11-7(12(17)18)3-2-6-15-11/h1-6H,(H,15,16)(H,17,18). The maximum absolute atomic E-state index is 12.3. The van der Waals surface area contributed by atoms with Gasteiger partial charge in [0.2, 0.25) is 0 Å². The van der Waals surface area contributed by atoms with Gasteiger partial charge in [-0.25, -0.2) is 18.2 Å². The van der Waals surface area contributed by atoms with Crippen LogP contribution in [0.2, 0.25) is 10.0 Å². The number of sulfonamides is 1. The van der Waals surface area contributed by atoms with Gasteiger partial charge in [0.1, 0.15) is 10.5 Å². The number of nitrogens with one attached hydrogen (secondary N) is 1. The molecule has 9 heteroatoms. The summed E-state index contributed by atoms with van der Waals surface area (Å²) < 4.78 is 26.6. The van der Waals surface area contributed by atoms with Crippen LogP contribution in [0.25, 0.3) is 0 Å². The van der Waals surface area contributed by atoms with Gasteiger partial charge in [0.15, 0.2) is 5.82 Å². The lowest BCUT2D eigenvalue weighted by atomic mass is 10.3. The van der Waals surface area contributed by atoms with E-state index in [1.807, 2.05) is 0 Å². The second kappa shape index (κ2) is 5.88. The van der Waals surface area contributed by atoms with Crippen molar-refractivity contribution in [3.05, 3.63) is 52.1 Å². The quantitative estimate of drug-likeness (QED) is 0.887. The lowest BCUT2D eigenvalue weighted by Gasteiger charge is -2.11. The summed E-state index contributed by atoms with van der Waals surface area (Å²) in [6, 6.07) is 6.71. The highest BCUT2D eigenvalue weighted by molar-refractivity contribution is 7.92. The molecule has 2 rings (SSSR count). The summed E-state index contributed by atoms with van der Waals surface area (Å²) in [6.45, 7) is 0. The largest absolute Gasteiger partial charge is 0.478 e. The minimum absolute atomic E-state index is 0.0685. The number of halogens is 2. The predicted molar refractivity (Wildman–Crippen MR) is 78.5 cm³/mol. The molecule has 2 aromatic rings. The van der Waals surface area contributed by atoms with Crippen LogP contribution in [-0.4, -0.2) is 24.5 Å². The molecule has 0 aliphatic carbocycles. The monoisotopic (exact) mass is 346 g/mol. The van der Waals surface area contributed by atoms with Gasteiger partial charge in [0.05, 0.1) is 10.0 Å². The van der Waals surface area contributed by atoms with Crippen LogP contribution in [0.3, 0.4) is 0 Å². The Morgan fingerprint density at radius 2 is 1.90 bits per heavy atom. The number of rotatable bonds is 4. The Hall–Kier alpha value is -1.83.